The quantitative estimate of drug-likeness (QED) is 0.435. The van der Waals surface area contributed by atoms with Gasteiger partial charge in [-0.15, -0.1) is 0 Å². The van der Waals surface area contributed by atoms with Gasteiger partial charge in [-0.05, 0) is 43.3 Å². The van der Waals surface area contributed by atoms with Crippen LogP contribution in [-0.4, -0.2) is 36.7 Å². The predicted octanol–water partition coefficient (Wildman–Crippen LogP) is 1.91. The molecule has 1 rings (SSSR count). The molecule has 6 nitrogen and oxygen atoms in total. The zero-order valence-corrected chi connectivity index (χ0v) is 12.1. The van der Waals surface area contributed by atoms with Crippen LogP contribution < -0.4 is 16.0 Å². The Morgan fingerprint density at radius 2 is 2.10 bits per heavy atom. The van der Waals surface area contributed by atoms with E-state index in [9.17, 15) is 9.59 Å². The minimum absolute atomic E-state index is 0.272. The van der Waals surface area contributed by atoms with E-state index in [-0.39, 0.29) is 6.03 Å². The standard InChI is InChI=1S/C15H21N3O3/c1-2-16-9-4-10-17-15(21)18-13-6-3-5-12(11-13)7-8-14(19)20/h3,5-8,11,16H,2,4,9-10H2,1H3,(H,19,20)(H2,17,18,21)/b8-7+. The van der Waals surface area contributed by atoms with Gasteiger partial charge in [-0.25, -0.2) is 9.59 Å². The molecule has 0 aliphatic rings. The summed E-state index contributed by atoms with van der Waals surface area (Å²) < 4.78 is 0. The zero-order chi connectivity index (χ0) is 15.5. The topological polar surface area (TPSA) is 90.5 Å². The normalized spacial score (nSPS) is 10.5. The molecule has 0 heterocycles. The molecule has 0 bridgehead atoms. The van der Waals surface area contributed by atoms with E-state index in [2.05, 4.69) is 16.0 Å². The van der Waals surface area contributed by atoms with Crippen LogP contribution in [0.15, 0.2) is 30.3 Å². The highest BCUT2D eigenvalue weighted by molar-refractivity contribution is 5.90. The Morgan fingerprint density at radius 3 is 2.81 bits per heavy atom. The van der Waals surface area contributed by atoms with Gasteiger partial charge in [0, 0.05) is 18.3 Å². The van der Waals surface area contributed by atoms with Crippen LogP contribution in [0.5, 0.6) is 0 Å². The Hall–Kier alpha value is -2.34. The van der Waals surface area contributed by atoms with Crippen molar-refractivity contribution < 1.29 is 14.7 Å². The second-order valence-corrected chi connectivity index (χ2v) is 4.39. The van der Waals surface area contributed by atoms with Crippen LogP contribution in [0, 0.1) is 0 Å². The fraction of sp³-hybridized carbons (Fsp3) is 0.333. The molecular weight excluding hydrogens is 270 g/mol. The molecule has 0 saturated heterocycles. The van der Waals surface area contributed by atoms with E-state index in [1.54, 1.807) is 24.3 Å². The number of benzene rings is 1. The van der Waals surface area contributed by atoms with Crippen molar-refractivity contribution in [1.82, 2.24) is 10.6 Å². The molecule has 1 aromatic carbocycles. The van der Waals surface area contributed by atoms with E-state index in [1.807, 2.05) is 6.92 Å². The molecule has 114 valence electrons. The third-order valence-electron chi connectivity index (χ3n) is 2.63. The van der Waals surface area contributed by atoms with Gasteiger partial charge in [0.05, 0.1) is 0 Å². The number of carbonyl (C=O) groups excluding carboxylic acids is 1. The van der Waals surface area contributed by atoms with Gasteiger partial charge >= 0.3 is 12.0 Å². The summed E-state index contributed by atoms with van der Waals surface area (Å²) >= 11 is 0. The third-order valence-corrected chi connectivity index (χ3v) is 2.63. The van der Waals surface area contributed by atoms with Crippen LogP contribution in [-0.2, 0) is 4.79 Å². The van der Waals surface area contributed by atoms with Gasteiger partial charge in [0.15, 0.2) is 0 Å². The highest BCUT2D eigenvalue weighted by Crippen LogP contribution is 2.11. The molecule has 0 aliphatic carbocycles. The summed E-state index contributed by atoms with van der Waals surface area (Å²) in [6, 6.07) is 6.70. The predicted molar refractivity (Wildman–Crippen MR) is 83.3 cm³/mol. The minimum atomic E-state index is -1.01. The molecule has 0 saturated carbocycles. The van der Waals surface area contributed by atoms with Crippen molar-refractivity contribution in [2.75, 3.05) is 25.0 Å². The Bertz CT molecular complexity index is 501. The highest BCUT2D eigenvalue weighted by Gasteiger charge is 2.01. The molecule has 6 heteroatoms. The van der Waals surface area contributed by atoms with Gasteiger partial charge in [-0.1, -0.05) is 19.1 Å². The fourth-order valence-corrected chi connectivity index (χ4v) is 1.65. The smallest absolute Gasteiger partial charge is 0.328 e. The number of carboxylic acids is 1. The van der Waals surface area contributed by atoms with Crippen LogP contribution in [0.4, 0.5) is 10.5 Å². The van der Waals surface area contributed by atoms with Crippen molar-refractivity contribution in [2.45, 2.75) is 13.3 Å². The van der Waals surface area contributed by atoms with Crippen molar-refractivity contribution in [3.05, 3.63) is 35.9 Å². The zero-order valence-electron chi connectivity index (χ0n) is 12.1. The van der Waals surface area contributed by atoms with Crippen LogP contribution in [0.3, 0.4) is 0 Å². The Balaban J connectivity index is 2.41. The first-order valence-corrected chi connectivity index (χ1v) is 6.88. The summed E-state index contributed by atoms with van der Waals surface area (Å²) in [4.78, 5) is 22.1. The average Bonchev–Trinajstić information content (AvgIpc) is 2.45. The molecule has 0 unspecified atom stereocenters. The van der Waals surface area contributed by atoms with Gasteiger partial charge in [-0.3, -0.25) is 0 Å². The summed E-state index contributed by atoms with van der Waals surface area (Å²) in [5, 5.41) is 17.2. The SMILES string of the molecule is CCNCCCNC(=O)Nc1cccc(/C=C/C(=O)O)c1. The highest BCUT2D eigenvalue weighted by atomic mass is 16.4. The first-order chi connectivity index (χ1) is 10.1. The van der Waals surface area contributed by atoms with Crippen molar-refractivity contribution in [3.63, 3.8) is 0 Å². The number of anilines is 1. The molecule has 0 fully saturated rings. The van der Waals surface area contributed by atoms with Crippen LogP contribution >= 0.6 is 0 Å². The maximum Gasteiger partial charge on any atom is 0.328 e. The summed E-state index contributed by atoms with van der Waals surface area (Å²) in [6.45, 7) is 4.42. The Morgan fingerprint density at radius 1 is 1.29 bits per heavy atom. The summed E-state index contributed by atoms with van der Waals surface area (Å²) in [5.41, 5.74) is 1.33. The lowest BCUT2D eigenvalue weighted by Gasteiger charge is -2.08. The average molecular weight is 291 g/mol. The van der Waals surface area contributed by atoms with Gasteiger partial charge in [0.2, 0.25) is 0 Å². The molecule has 0 radical (unpaired) electrons. The molecular formula is C15H21N3O3. The van der Waals surface area contributed by atoms with E-state index in [0.717, 1.165) is 25.6 Å². The lowest BCUT2D eigenvalue weighted by atomic mass is 10.2. The van der Waals surface area contributed by atoms with Crippen LogP contribution in [0.2, 0.25) is 0 Å². The van der Waals surface area contributed by atoms with Gasteiger partial charge in [0.25, 0.3) is 0 Å². The van der Waals surface area contributed by atoms with Crippen molar-refractivity contribution >= 4 is 23.8 Å². The molecule has 1 aromatic rings. The number of urea groups is 1. The van der Waals surface area contributed by atoms with Crippen molar-refractivity contribution in [2.24, 2.45) is 0 Å². The summed E-state index contributed by atoms with van der Waals surface area (Å²) in [5.74, 6) is -1.01. The van der Waals surface area contributed by atoms with E-state index in [1.165, 1.54) is 6.08 Å². The second-order valence-electron chi connectivity index (χ2n) is 4.39. The first kappa shape index (κ1) is 16.7. The number of carboxylic acid groups (broad SMARTS) is 1. The van der Waals surface area contributed by atoms with Gasteiger partial charge < -0.3 is 21.1 Å². The molecule has 2 amide bonds. The van der Waals surface area contributed by atoms with E-state index < -0.39 is 5.97 Å². The lowest BCUT2D eigenvalue weighted by molar-refractivity contribution is -0.131. The molecule has 0 aliphatic heterocycles. The molecule has 4 N–H and O–H groups in total. The number of nitrogens with one attached hydrogen (secondary N) is 3. The Kier molecular flexibility index (Phi) is 7.60. The van der Waals surface area contributed by atoms with E-state index in [0.29, 0.717) is 17.8 Å². The van der Waals surface area contributed by atoms with E-state index >= 15 is 0 Å². The maximum atomic E-state index is 11.7. The lowest BCUT2D eigenvalue weighted by Crippen LogP contribution is -2.31. The summed E-state index contributed by atoms with van der Waals surface area (Å²) in [6.07, 6.45) is 3.39. The van der Waals surface area contributed by atoms with Crippen LogP contribution in [0.25, 0.3) is 6.08 Å². The molecule has 21 heavy (non-hydrogen) atoms. The van der Waals surface area contributed by atoms with Gasteiger partial charge in [-0.2, -0.15) is 0 Å². The van der Waals surface area contributed by atoms with Gasteiger partial charge in [0.1, 0.15) is 0 Å². The number of hydrogen-bond acceptors (Lipinski definition) is 3. The number of rotatable bonds is 8. The van der Waals surface area contributed by atoms with Crippen molar-refractivity contribution in [3.8, 4) is 0 Å². The minimum Gasteiger partial charge on any atom is -0.478 e. The maximum absolute atomic E-state index is 11.7. The van der Waals surface area contributed by atoms with Crippen molar-refractivity contribution in [1.29, 1.82) is 0 Å². The molecule has 0 aromatic heterocycles. The Labute approximate surface area is 124 Å². The second kappa shape index (κ2) is 9.55. The molecule has 0 atom stereocenters. The van der Waals surface area contributed by atoms with E-state index in [4.69, 9.17) is 5.11 Å². The first-order valence-electron chi connectivity index (χ1n) is 6.88. The number of carbonyl (C=O) groups is 2. The number of hydrogen-bond donors (Lipinski definition) is 4. The number of aliphatic carboxylic acids is 1. The third kappa shape index (κ3) is 7.74. The fourth-order valence-electron chi connectivity index (χ4n) is 1.65. The molecule has 0 spiro atoms. The number of amides is 2. The summed E-state index contributed by atoms with van der Waals surface area (Å²) in [7, 11) is 0. The monoisotopic (exact) mass is 291 g/mol. The largest absolute Gasteiger partial charge is 0.478 e. The van der Waals surface area contributed by atoms with Crippen LogP contribution in [0.1, 0.15) is 18.9 Å².